The molecule has 0 spiro atoms. The highest BCUT2D eigenvalue weighted by atomic mass is 32.2. The van der Waals surface area contributed by atoms with E-state index in [2.05, 4.69) is 4.98 Å². The molecule has 6 heteroatoms. The van der Waals surface area contributed by atoms with Crippen molar-refractivity contribution in [1.82, 2.24) is 4.98 Å². The summed E-state index contributed by atoms with van der Waals surface area (Å²) in [6.45, 7) is 0. The van der Waals surface area contributed by atoms with Crippen LogP contribution in [0.3, 0.4) is 0 Å². The largest absolute Gasteiger partial charge is 0.495 e. The van der Waals surface area contributed by atoms with E-state index in [1.807, 2.05) is 0 Å². The Kier molecular flexibility index (Phi) is 2.83. The van der Waals surface area contributed by atoms with E-state index in [-0.39, 0.29) is 12.8 Å². The Morgan fingerprint density at radius 3 is 2.42 bits per heavy atom. The molecule has 2 aliphatic heterocycles. The summed E-state index contributed by atoms with van der Waals surface area (Å²) in [5.41, 5.74) is -0.580. The Morgan fingerprint density at radius 1 is 1.32 bits per heavy atom. The predicted molar refractivity (Wildman–Crippen MR) is 69.6 cm³/mol. The topological polar surface area (TPSA) is 76.5 Å². The maximum atomic E-state index is 12.0. The fourth-order valence-corrected chi connectivity index (χ4v) is 5.72. The van der Waals surface area contributed by atoms with Crippen LogP contribution < -0.4 is 4.74 Å². The zero-order valence-electron chi connectivity index (χ0n) is 10.7. The van der Waals surface area contributed by atoms with Crippen molar-refractivity contribution in [3.05, 3.63) is 24.0 Å². The van der Waals surface area contributed by atoms with E-state index in [1.165, 1.54) is 0 Å². The smallest absolute Gasteiger partial charge is 0.156 e. The number of aromatic nitrogens is 1. The van der Waals surface area contributed by atoms with Crippen molar-refractivity contribution in [1.29, 1.82) is 0 Å². The van der Waals surface area contributed by atoms with Gasteiger partial charge in [0.1, 0.15) is 11.4 Å². The fraction of sp³-hybridized carbons (Fsp3) is 0.615. The van der Waals surface area contributed by atoms with Crippen molar-refractivity contribution >= 4 is 9.84 Å². The third-order valence-electron chi connectivity index (χ3n) is 4.32. The number of sulfone groups is 1. The van der Waals surface area contributed by atoms with Gasteiger partial charge in [-0.2, -0.15) is 0 Å². The van der Waals surface area contributed by atoms with E-state index in [0.717, 1.165) is 0 Å². The third-order valence-corrected chi connectivity index (χ3v) is 6.98. The lowest BCUT2D eigenvalue weighted by atomic mass is 9.89. The summed E-state index contributed by atoms with van der Waals surface area (Å²) in [6, 6.07) is 3.46. The molecule has 2 bridgehead atoms. The Hall–Kier alpha value is -1.14. The van der Waals surface area contributed by atoms with E-state index < -0.39 is 25.9 Å². The predicted octanol–water partition coefficient (Wildman–Crippen LogP) is 1.02. The minimum atomic E-state index is -3.03. The Morgan fingerprint density at radius 2 is 1.95 bits per heavy atom. The monoisotopic (exact) mass is 283 g/mol. The first kappa shape index (κ1) is 12.9. The van der Waals surface area contributed by atoms with Crippen molar-refractivity contribution in [2.45, 2.75) is 41.8 Å². The lowest BCUT2D eigenvalue weighted by Gasteiger charge is -2.35. The average Bonchev–Trinajstić information content (AvgIpc) is 2.58. The molecule has 19 heavy (non-hydrogen) atoms. The zero-order chi connectivity index (χ0) is 13.7. The van der Waals surface area contributed by atoms with Gasteiger partial charge < -0.3 is 9.84 Å². The van der Waals surface area contributed by atoms with Gasteiger partial charge in [-0.25, -0.2) is 8.42 Å². The molecule has 0 aromatic carbocycles. The lowest BCUT2D eigenvalue weighted by molar-refractivity contribution is 0.0130. The second-order valence-electron chi connectivity index (χ2n) is 5.43. The second-order valence-corrected chi connectivity index (χ2v) is 7.94. The average molecular weight is 283 g/mol. The van der Waals surface area contributed by atoms with E-state index in [4.69, 9.17) is 4.74 Å². The molecule has 0 amide bonds. The highest BCUT2D eigenvalue weighted by molar-refractivity contribution is 7.93. The number of ether oxygens (including phenoxy) is 1. The molecule has 0 aliphatic carbocycles. The van der Waals surface area contributed by atoms with Crippen LogP contribution in [-0.4, -0.2) is 36.1 Å². The summed E-state index contributed by atoms with van der Waals surface area (Å²) >= 11 is 0. The van der Waals surface area contributed by atoms with Crippen LogP contribution >= 0.6 is 0 Å². The van der Waals surface area contributed by atoms with E-state index in [0.29, 0.717) is 24.3 Å². The van der Waals surface area contributed by atoms with Crippen LogP contribution in [0, 0.1) is 0 Å². The van der Waals surface area contributed by atoms with Gasteiger partial charge in [0.25, 0.3) is 0 Å². The second kappa shape index (κ2) is 4.18. The van der Waals surface area contributed by atoms with Gasteiger partial charge in [-0.15, -0.1) is 0 Å². The molecule has 2 saturated heterocycles. The molecule has 2 unspecified atom stereocenters. The number of nitrogens with zero attached hydrogens (tertiary/aromatic N) is 1. The van der Waals surface area contributed by atoms with Gasteiger partial charge in [0.15, 0.2) is 9.84 Å². The van der Waals surface area contributed by atoms with Crippen molar-refractivity contribution < 1.29 is 18.3 Å². The summed E-state index contributed by atoms with van der Waals surface area (Å²) in [7, 11) is -1.48. The molecule has 1 aromatic heterocycles. The van der Waals surface area contributed by atoms with Crippen molar-refractivity contribution in [3.63, 3.8) is 0 Å². The van der Waals surface area contributed by atoms with Crippen LogP contribution in [0.1, 0.15) is 31.4 Å². The maximum Gasteiger partial charge on any atom is 0.156 e. The first-order valence-electron chi connectivity index (χ1n) is 6.41. The molecule has 0 saturated carbocycles. The first-order valence-corrected chi connectivity index (χ1v) is 8.02. The van der Waals surface area contributed by atoms with Gasteiger partial charge >= 0.3 is 0 Å². The fourth-order valence-electron chi connectivity index (χ4n) is 3.23. The lowest BCUT2D eigenvalue weighted by Crippen LogP contribution is -2.43. The summed E-state index contributed by atoms with van der Waals surface area (Å²) in [4.78, 5) is 4.22. The molecule has 104 valence electrons. The number of methoxy groups -OCH3 is 1. The highest BCUT2D eigenvalue weighted by Crippen LogP contribution is 2.47. The minimum absolute atomic E-state index is 0.255. The maximum absolute atomic E-state index is 12.0. The summed E-state index contributed by atoms with van der Waals surface area (Å²) in [5.74, 6) is 0.624. The number of hydrogen-bond donors (Lipinski definition) is 1. The quantitative estimate of drug-likeness (QED) is 0.877. The molecule has 2 atom stereocenters. The van der Waals surface area contributed by atoms with Crippen molar-refractivity contribution in [2.75, 3.05) is 7.11 Å². The Labute approximate surface area is 112 Å². The van der Waals surface area contributed by atoms with Gasteiger partial charge in [0.2, 0.25) is 0 Å². The molecule has 2 aliphatic rings. The van der Waals surface area contributed by atoms with Gasteiger partial charge in [0, 0.05) is 0 Å². The van der Waals surface area contributed by atoms with Crippen LogP contribution in [0.15, 0.2) is 18.3 Å². The molecule has 5 nitrogen and oxygen atoms in total. The number of hydrogen-bond acceptors (Lipinski definition) is 5. The number of rotatable bonds is 2. The third kappa shape index (κ3) is 1.94. The van der Waals surface area contributed by atoms with Crippen LogP contribution in [0.5, 0.6) is 5.75 Å². The van der Waals surface area contributed by atoms with Gasteiger partial charge in [-0.3, -0.25) is 4.98 Å². The number of fused-ring (bicyclic) bond motifs is 2. The van der Waals surface area contributed by atoms with Crippen LogP contribution in [0.4, 0.5) is 0 Å². The molecule has 2 fully saturated rings. The molecule has 1 N–H and O–H groups in total. The van der Waals surface area contributed by atoms with Gasteiger partial charge in [0.05, 0.1) is 29.5 Å². The van der Waals surface area contributed by atoms with E-state index in [9.17, 15) is 13.5 Å². The Bertz CT molecular complexity index is 561. The zero-order valence-corrected chi connectivity index (χ0v) is 11.6. The van der Waals surface area contributed by atoms with Crippen molar-refractivity contribution in [2.24, 2.45) is 0 Å². The molecule has 1 aromatic rings. The Balaban J connectivity index is 1.92. The van der Waals surface area contributed by atoms with Crippen molar-refractivity contribution in [3.8, 4) is 5.75 Å². The summed E-state index contributed by atoms with van der Waals surface area (Å²) in [6.07, 6.45) is 3.38. The molecular formula is C13H17NO4S. The van der Waals surface area contributed by atoms with Gasteiger partial charge in [-0.05, 0) is 37.8 Å². The van der Waals surface area contributed by atoms with E-state index in [1.54, 1.807) is 25.4 Å². The minimum Gasteiger partial charge on any atom is -0.495 e. The molecular weight excluding hydrogens is 266 g/mol. The SMILES string of the molecule is COc1ccc(C2(O)CC3CCC(C2)S3(=O)=O)nc1. The normalized spacial score (nSPS) is 36.1. The first-order chi connectivity index (χ1) is 8.95. The summed E-state index contributed by atoms with van der Waals surface area (Å²) < 4.78 is 29.1. The standard InChI is InChI=1S/C13H17NO4S/c1-18-9-2-5-12(14-8-9)13(15)6-10-3-4-11(7-13)19(10,16)17/h2,5,8,10-11,15H,3-4,6-7H2,1H3. The number of pyridine rings is 1. The summed E-state index contributed by atoms with van der Waals surface area (Å²) in [5, 5.41) is 9.92. The highest BCUT2D eigenvalue weighted by Gasteiger charge is 2.53. The van der Waals surface area contributed by atoms with Crippen LogP contribution in [0.2, 0.25) is 0 Å². The number of aliphatic hydroxyl groups is 1. The molecule has 0 radical (unpaired) electrons. The van der Waals surface area contributed by atoms with Gasteiger partial charge in [-0.1, -0.05) is 0 Å². The van der Waals surface area contributed by atoms with Crippen LogP contribution in [0.25, 0.3) is 0 Å². The molecule has 3 heterocycles. The van der Waals surface area contributed by atoms with E-state index >= 15 is 0 Å². The van der Waals surface area contributed by atoms with Crippen LogP contribution in [-0.2, 0) is 15.4 Å². The molecule has 3 rings (SSSR count).